The highest BCUT2D eigenvalue weighted by atomic mass is 32.1. The minimum Gasteiger partial charge on any atom is -0.333 e. The van der Waals surface area contributed by atoms with Crippen molar-refractivity contribution in [1.29, 1.82) is 0 Å². The molecule has 2 heterocycles. The Morgan fingerprint density at radius 1 is 1.30 bits per heavy atom. The van der Waals surface area contributed by atoms with Gasteiger partial charge < -0.3 is 4.90 Å². The molecule has 1 aliphatic heterocycles. The molecule has 0 radical (unpaired) electrons. The molecule has 2 fully saturated rings. The third-order valence-corrected chi connectivity index (χ3v) is 5.28. The highest BCUT2D eigenvalue weighted by Gasteiger charge is 2.41. The zero-order chi connectivity index (χ0) is 15.6. The van der Waals surface area contributed by atoms with Crippen molar-refractivity contribution in [1.82, 2.24) is 20.7 Å². The fraction of sp³-hybridized carbons (Fsp3) is 0.412. The smallest absolute Gasteiger partial charge is 0.229 e. The molecule has 120 valence electrons. The van der Waals surface area contributed by atoms with Gasteiger partial charge in [-0.3, -0.25) is 10.2 Å². The van der Waals surface area contributed by atoms with Gasteiger partial charge in [0.15, 0.2) is 0 Å². The SMILES string of the molecule is O=C(C1CNNC1c1ccccc1)N(Cc1nccs1)C1CC1. The summed E-state index contributed by atoms with van der Waals surface area (Å²) in [6.07, 6.45) is 4.03. The van der Waals surface area contributed by atoms with Gasteiger partial charge in [-0.25, -0.2) is 10.4 Å². The number of aromatic nitrogens is 1. The van der Waals surface area contributed by atoms with E-state index in [9.17, 15) is 4.79 Å². The second kappa shape index (κ2) is 6.39. The van der Waals surface area contributed by atoms with E-state index < -0.39 is 0 Å². The topological polar surface area (TPSA) is 57.3 Å². The molecule has 4 rings (SSSR count). The molecule has 2 atom stereocenters. The van der Waals surface area contributed by atoms with E-state index in [1.807, 2.05) is 28.5 Å². The minimum absolute atomic E-state index is 0.0289. The number of hydrogen-bond acceptors (Lipinski definition) is 5. The van der Waals surface area contributed by atoms with E-state index in [0.29, 0.717) is 19.1 Å². The summed E-state index contributed by atoms with van der Waals surface area (Å²) < 4.78 is 0. The van der Waals surface area contributed by atoms with Gasteiger partial charge in [-0.2, -0.15) is 0 Å². The highest BCUT2D eigenvalue weighted by molar-refractivity contribution is 7.09. The zero-order valence-electron chi connectivity index (χ0n) is 12.8. The number of carbonyl (C=O) groups excluding carboxylic acids is 1. The molecule has 2 N–H and O–H groups in total. The van der Waals surface area contributed by atoms with Crippen molar-refractivity contribution in [2.45, 2.75) is 31.5 Å². The molecular weight excluding hydrogens is 308 g/mol. The molecule has 1 aromatic heterocycles. The Bertz CT molecular complexity index is 656. The second-order valence-electron chi connectivity index (χ2n) is 6.14. The number of hydrogen-bond donors (Lipinski definition) is 2. The Morgan fingerprint density at radius 2 is 2.13 bits per heavy atom. The molecule has 1 aromatic carbocycles. The van der Waals surface area contributed by atoms with Crippen LogP contribution < -0.4 is 10.9 Å². The van der Waals surface area contributed by atoms with Crippen LogP contribution in [0.2, 0.25) is 0 Å². The predicted octanol–water partition coefficient (Wildman–Crippen LogP) is 2.10. The molecule has 5 nitrogen and oxygen atoms in total. The van der Waals surface area contributed by atoms with Crippen LogP contribution in [0.3, 0.4) is 0 Å². The Hall–Kier alpha value is -1.76. The van der Waals surface area contributed by atoms with Crippen LogP contribution in [-0.2, 0) is 11.3 Å². The Balaban J connectivity index is 1.53. The zero-order valence-corrected chi connectivity index (χ0v) is 13.6. The van der Waals surface area contributed by atoms with Crippen LogP contribution in [0, 0.1) is 5.92 Å². The van der Waals surface area contributed by atoms with Crippen LogP contribution in [0.25, 0.3) is 0 Å². The van der Waals surface area contributed by atoms with Gasteiger partial charge in [0, 0.05) is 24.2 Å². The van der Waals surface area contributed by atoms with Crippen LogP contribution in [0.4, 0.5) is 0 Å². The van der Waals surface area contributed by atoms with Crippen molar-refractivity contribution in [2.75, 3.05) is 6.54 Å². The summed E-state index contributed by atoms with van der Waals surface area (Å²) in [5, 5.41) is 2.98. The van der Waals surface area contributed by atoms with Crippen LogP contribution in [-0.4, -0.2) is 28.4 Å². The number of amides is 1. The van der Waals surface area contributed by atoms with Gasteiger partial charge in [0.25, 0.3) is 0 Å². The molecule has 0 bridgehead atoms. The normalized spacial score (nSPS) is 23.8. The lowest BCUT2D eigenvalue weighted by atomic mass is 9.93. The van der Waals surface area contributed by atoms with Crippen molar-refractivity contribution in [3.05, 3.63) is 52.5 Å². The van der Waals surface area contributed by atoms with E-state index in [0.717, 1.165) is 23.4 Å². The molecular formula is C17H20N4OS. The van der Waals surface area contributed by atoms with Crippen LogP contribution in [0.1, 0.15) is 29.5 Å². The first-order valence-corrected chi connectivity index (χ1v) is 8.93. The van der Waals surface area contributed by atoms with Crippen molar-refractivity contribution in [3.8, 4) is 0 Å². The number of rotatable bonds is 5. The van der Waals surface area contributed by atoms with Crippen LogP contribution in [0.5, 0.6) is 0 Å². The number of nitrogens with one attached hydrogen (secondary N) is 2. The van der Waals surface area contributed by atoms with Gasteiger partial charge in [0.1, 0.15) is 5.01 Å². The van der Waals surface area contributed by atoms with Crippen LogP contribution in [0.15, 0.2) is 41.9 Å². The lowest BCUT2D eigenvalue weighted by molar-refractivity contribution is -0.136. The summed E-state index contributed by atoms with van der Waals surface area (Å²) >= 11 is 1.62. The molecule has 1 amide bonds. The van der Waals surface area contributed by atoms with Gasteiger partial charge in [-0.15, -0.1) is 11.3 Å². The number of thiazole rings is 1. The lowest BCUT2D eigenvalue weighted by Crippen LogP contribution is -2.40. The van der Waals surface area contributed by atoms with E-state index in [2.05, 4.69) is 28.0 Å². The fourth-order valence-electron chi connectivity index (χ4n) is 3.17. The minimum atomic E-state index is -0.0713. The third kappa shape index (κ3) is 3.15. The number of nitrogens with zero attached hydrogens (tertiary/aromatic N) is 2. The summed E-state index contributed by atoms with van der Waals surface area (Å²) in [6.45, 7) is 1.30. The first-order valence-electron chi connectivity index (χ1n) is 8.05. The van der Waals surface area contributed by atoms with Crippen LogP contribution >= 0.6 is 11.3 Å². The highest BCUT2D eigenvalue weighted by Crippen LogP contribution is 2.33. The molecule has 23 heavy (non-hydrogen) atoms. The average Bonchev–Trinajstić information content (AvgIpc) is 3.10. The number of carbonyl (C=O) groups is 1. The summed E-state index contributed by atoms with van der Waals surface area (Å²) in [5.74, 6) is 0.159. The maximum Gasteiger partial charge on any atom is 0.229 e. The van der Waals surface area contributed by atoms with E-state index in [1.54, 1.807) is 17.5 Å². The Labute approximate surface area is 139 Å². The van der Waals surface area contributed by atoms with Gasteiger partial charge in [0.05, 0.1) is 18.5 Å². The molecule has 2 unspecified atom stereocenters. The second-order valence-corrected chi connectivity index (χ2v) is 7.12. The number of hydrazine groups is 1. The quantitative estimate of drug-likeness (QED) is 0.882. The monoisotopic (exact) mass is 328 g/mol. The molecule has 6 heteroatoms. The van der Waals surface area contributed by atoms with Gasteiger partial charge in [-0.05, 0) is 18.4 Å². The van der Waals surface area contributed by atoms with Gasteiger partial charge >= 0.3 is 0 Å². The fourth-order valence-corrected chi connectivity index (χ4v) is 3.78. The van der Waals surface area contributed by atoms with E-state index >= 15 is 0 Å². The van der Waals surface area contributed by atoms with Gasteiger partial charge in [0.2, 0.25) is 5.91 Å². The summed E-state index contributed by atoms with van der Waals surface area (Å²) in [5.41, 5.74) is 7.58. The lowest BCUT2D eigenvalue weighted by Gasteiger charge is -2.27. The molecule has 2 aromatic rings. The van der Waals surface area contributed by atoms with E-state index in [1.165, 1.54) is 0 Å². The Kier molecular flexibility index (Phi) is 4.11. The standard InChI is InChI=1S/C17H20N4OS/c22-17(21(13-6-7-13)11-15-18-8-9-23-15)14-10-19-20-16(14)12-4-2-1-3-5-12/h1-5,8-9,13-14,16,19-20H,6-7,10-11H2. The first-order chi connectivity index (χ1) is 11.3. The van der Waals surface area contributed by atoms with E-state index in [4.69, 9.17) is 0 Å². The van der Waals surface area contributed by atoms with Crippen molar-refractivity contribution in [3.63, 3.8) is 0 Å². The molecule has 1 aliphatic carbocycles. The first kappa shape index (κ1) is 14.8. The van der Waals surface area contributed by atoms with Crippen molar-refractivity contribution in [2.24, 2.45) is 5.92 Å². The Morgan fingerprint density at radius 3 is 2.83 bits per heavy atom. The molecule has 1 saturated heterocycles. The maximum atomic E-state index is 13.2. The summed E-state index contributed by atoms with van der Waals surface area (Å²) in [7, 11) is 0. The van der Waals surface area contributed by atoms with Crippen molar-refractivity contribution < 1.29 is 4.79 Å². The molecule has 1 saturated carbocycles. The molecule has 0 spiro atoms. The molecule has 2 aliphatic rings. The van der Waals surface area contributed by atoms with Crippen molar-refractivity contribution >= 4 is 17.2 Å². The summed E-state index contributed by atoms with van der Waals surface area (Å²) in [6, 6.07) is 10.6. The average molecular weight is 328 g/mol. The third-order valence-electron chi connectivity index (χ3n) is 4.52. The summed E-state index contributed by atoms with van der Waals surface area (Å²) in [4.78, 5) is 19.5. The number of benzene rings is 1. The largest absolute Gasteiger partial charge is 0.333 e. The maximum absolute atomic E-state index is 13.2. The predicted molar refractivity (Wildman–Crippen MR) is 89.5 cm³/mol. The van der Waals surface area contributed by atoms with E-state index in [-0.39, 0.29) is 17.9 Å². The van der Waals surface area contributed by atoms with Gasteiger partial charge in [-0.1, -0.05) is 30.3 Å².